The second-order valence-corrected chi connectivity index (χ2v) is 7.36. The van der Waals surface area contributed by atoms with E-state index in [4.69, 9.17) is 11.6 Å². The zero-order valence-electron chi connectivity index (χ0n) is 15.5. The highest BCUT2D eigenvalue weighted by atomic mass is 35.5. The van der Waals surface area contributed by atoms with Crippen LogP contribution in [0.15, 0.2) is 41.9 Å². The molecular weight excluding hydrogens is 409 g/mol. The van der Waals surface area contributed by atoms with Crippen LogP contribution < -0.4 is 16.0 Å². The molecule has 11 heteroatoms. The summed E-state index contributed by atoms with van der Waals surface area (Å²) in [5, 5.41) is 8.02. The molecule has 3 N–H and O–H groups in total. The maximum absolute atomic E-state index is 13.2. The quantitative estimate of drug-likeness (QED) is 0.685. The molecule has 0 bridgehead atoms. The lowest BCUT2D eigenvalue weighted by Crippen LogP contribution is -2.50. The van der Waals surface area contributed by atoms with Crippen LogP contribution in [0, 0.1) is 0 Å². The summed E-state index contributed by atoms with van der Waals surface area (Å²) in [6, 6.07) is 4.50. The molecule has 0 saturated carbocycles. The van der Waals surface area contributed by atoms with Crippen LogP contribution in [0.2, 0.25) is 5.02 Å². The van der Waals surface area contributed by atoms with Gasteiger partial charge in [-0.3, -0.25) is 9.89 Å². The largest absolute Gasteiger partial charge is 0.417 e. The summed E-state index contributed by atoms with van der Waals surface area (Å²) in [4.78, 5) is 14.7. The van der Waals surface area contributed by atoms with Crippen molar-refractivity contribution in [3.05, 3.63) is 58.0 Å². The Morgan fingerprint density at radius 3 is 2.69 bits per heavy atom. The molecule has 4 rings (SSSR count). The van der Waals surface area contributed by atoms with Gasteiger partial charge in [-0.15, -0.1) is 5.53 Å². The Labute approximate surface area is 169 Å². The predicted octanol–water partition coefficient (Wildman–Crippen LogP) is 3.45. The summed E-state index contributed by atoms with van der Waals surface area (Å²) in [5.41, 5.74) is 6.57. The summed E-state index contributed by atoms with van der Waals surface area (Å²) in [5.74, 6) is 0.178. The minimum absolute atomic E-state index is 0.166. The fourth-order valence-electron chi connectivity index (χ4n) is 3.83. The first-order valence-electron chi connectivity index (χ1n) is 8.92. The first-order chi connectivity index (χ1) is 13.7. The Morgan fingerprint density at radius 1 is 1.28 bits per heavy atom. The first-order valence-corrected chi connectivity index (χ1v) is 9.30. The minimum Gasteiger partial charge on any atom is -0.327 e. The number of aromatic amines is 1. The highest BCUT2D eigenvalue weighted by Crippen LogP contribution is 2.38. The van der Waals surface area contributed by atoms with E-state index in [1.165, 1.54) is 12.1 Å². The van der Waals surface area contributed by atoms with Crippen LogP contribution in [0.1, 0.15) is 36.2 Å². The lowest BCUT2D eigenvalue weighted by Gasteiger charge is -2.40. The van der Waals surface area contributed by atoms with Gasteiger partial charge in [0.2, 0.25) is 0 Å². The molecule has 154 valence electrons. The molecule has 29 heavy (non-hydrogen) atoms. The summed E-state index contributed by atoms with van der Waals surface area (Å²) < 4.78 is 39.6. The van der Waals surface area contributed by atoms with E-state index in [1.807, 2.05) is 13.8 Å². The maximum atomic E-state index is 13.2. The molecule has 3 heterocycles. The summed E-state index contributed by atoms with van der Waals surface area (Å²) in [7, 11) is 0. The molecule has 2 atom stereocenters. The third-order valence-corrected chi connectivity index (χ3v) is 5.59. The second kappa shape index (κ2) is 6.96. The van der Waals surface area contributed by atoms with Gasteiger partial charge >= 0.3 is 6.18 Å². The van der Waals surface area contributed by atoms with Crippen molar-refractivity contribution in [3.8, 4) is 0 Å². The first kappa shape index (κ1) is 19.6. The van der Waals surface area contributed by atoms with Crippen molar-refractivity contribution >= 4 is 23.3 Å². The smallest absolute Gasteiger partial charge is 0.327 e. The van der Waals surface area contributed by atoms with Crippen LogP contribution in [-0.2, 0) is 6.18 Å². The number of carbonyl (C=O) groups excluding carboxylic acids is 1. The molecule has 0 radical (unpaired) electrons. The zero-order chi connectivity index (χ0) is 20.9. The van der Waals surface area contributed by atoms with E-state index in [1.54, 1.807) is 22.2 Å². The number of H-pyrrole nitrogens is 1. The molecule has 1 aromatic carbocycles. The summed E-state index contributed by atoms with van der Waals surface area (Å²) >= 11 is 5.98. The van der Waals surface area contributed by atoms with Gasteiger partial charge in [-0.1, -0.05) is 17.7 Å². The number of aromatic nitrogens is 2. The van der Waals surface area contributed by atoms with E-state index >= 15 is 0 Å². The molecule has 1 aromatic heterocycles. The van der Waals surface area contributed by atoms with Crippen LogP contribution in [0.4, 0.5) is 19.0 Å². The van der Waals surface area contributed by atoms with Crippen LogP contribution in [-0.4, -0.2) is 33.1 Å². The number of anilines is 1. The minimum atomic E-state index is -4.64. The van der Waals surface area contributed by atoms with Crippen LogP contribution in [0.25, 0.3) is 0 Å². The van der Waals surface area contributed by atoms with Gasteiger partial charge in [0, 0.05) is 18.5 Å². The molecule has 0 fully saturated rings. The third-order valence-electron chi connectivity index (χ3n) is 5.18. The van der Waals surface area contributed by atoms with E-state index in [-0.39, 0.29) is 11.6 Å². The molecule has 0 unspecified atom stereocenters. The van der Waals surface area contributed by atoms with E-state index in [0.717, 1.165) is 23.3 Å². The van der Waals surface area contributed by atoms with Crippen LogP contribution in [0.5, 0.6) is 0 Å². The molecule has 1 amide bonds. The van der Waals surface area contributed by atoms with Crippen LogP contribution >= 0.6 is 11.6 Å². The van der Waals surface area contributed by atoms with Gasteiger partial charge in [-0.2, -0.15) is 18.3 Å². The molecule has 0 aliphatic carbocycles. The van der Waals surface area contributed by atoms with Gasteiger partial charge in [0.05, 0.1) is 39.8 Å². The average molecular weight is 427 g/mol. The SMILES string of the molecule is C[C@@H]1CC2=C(NNN2c2ccn[nH]2)[C@H](C)N1C(=O)c1cccc(C(F)(F)F)c1Cl. The Morgan fingerprint density at radius 2 is 2.03 bits per heavy atom. The molecule has 0 spiro atoms. The van der Waals surface area contributed by atoms with Crippen molar-refractivity contribution in [1.29, 1.82) is 0 Å². The van der Waals surface area contributed by atoms with Crippen molar-refractivity contribution in [1.82, 2.24) is 26.1 Å². The number of halogens is 4. The van der Waals surface area contributed by atoms with E-state index in [9.17, 15) is 18.0 Å². The molecule has 2 aromatic rings. The molecule has 7 nitrogen and oxygen atoms in total. The fraction of sp³-hybridized carbons (Fsp3) is 0.333. The number of amides is 1. The topological polar surface area (TPSA) is 76.3 Å². The van der Waals surface area contributed by atoms with Crippen molar-refractivity contribution in [2.75, 3.05) is 5.01 Å². The number of rotatable bonds is 2. The van der Waals surface area contributed by atoms with E-state index < -0.39 is 28.7 Å². The normalized spacial score (nSPS) is 22.0. The van der Waals surface area contributed by atoms with Crippen molar-refractivity contribution in [3.63, 3.8) is 0 Å². The Balaban J connectivity index is 1.67. The zero-order valence-corrected chi connectivity index (χ0v) is 16.3. The average Bonchev–Trinajstić information content (AvgIpc) is 3.30. The number of hydrogen-bond acceptors (Lipinski definition) is 5. The number of benzene rings is 1. The maximum Gasteiger partial charge on any atom is 0.417 e. The van der Waals surface area contributed by atoms with E-state index in [2.05, 4.69) is 21.2 Å². The second-order valence-electron chi connectivity index (χ2n) is 6.98. The van der Waals surface area contributed by atoms with Crippen molar-refractivity contribution in [2.45, 2.75) is 38.5 Å². The van der Waals surface area contributed by atoms with Gasteiger partial charge in [0.1, 0.15) is 5.82 Å². The van der Waals surface area contributed by atoms with Gasteiger partial charge < -0.3 is 10.3 Å². The predicted molar refractivity (Wildman–Crippen MR) is 101 cm³/mol. The number of carbonyl (C=O) groups is 1. The molecule has 0 saturated heterocycles. The van der Waals surface area contributed by atoms with Gasteiger partial charge in [0.25, 0.3) is 5.91 Å². The number of alkyl halides is 3. The van der Waals surface area contributed by atoms with Crippen molar-refractivity contribution in [2.24, 2.45) is 0 Å². The Kier molecular flexibility index (Phi) is 4.70. The number of nitrogens with one attached hydrogen (secondary N) is 3. The molecule has 2 aliphatic heterocycles. The highest BCUT2D eigenvalue weighted by Gasteiger charge is 2.42. The number of hydrazine groups is 2. The van der Waals surface area contributed by atoms with Crippen LogP contribution in [0.3, 0.4) is 0 Å². The fourth-order valence-corrected chi connectivity index (χ4v) is 4.15. The standard InChI is InChI=1S/C18H18ClF3N6O/c1-9-8-13-16(25-26-28(13)14-6-7-23-24-14)10(2)27(9)17(29)11-4-3-5-12(15(11)19)18(20,21)22/h3-7,9-10,25-26H,8H2,1-2H3,(H,23,24)/t9-,10+/m1/s1. The third kappa shape index (κ3) is 3.22. The monoisotopic (exact) mass is 426 g/mol. The van der Waals surface area contributed by atoms with Gasteiger partial charge in [-0.25, -0.2) is 5.01 Å². The van der Waals surface area contributed by atoms with Crippen molar-refractivity contribution < 1.29 is 18.0 Å². The summed E-state index contributed by atoms with van der Waals surface area (Å²) in [6.45, 7) is 3.67. The lowest BCUT2D eigenvalue weighted by molar-refractivity contribution is -0.137. The lowest BCUT2D eigenvalue weighted by atomic mass is 9.96. The van der Waals surface area contributed by atoms with E-state index in [0.29, 0.717) is 6.42 Å². The summed E-state index contributed by atoms with van der Waals surface area (Å²) in [6.07, 6.45) is -2.53. The highest BCUT2D eigenvalue weighted by molar-refractivity contribution is 6.34. The Hall–Kier alpha value is -2.72. The molecule has 2 aliphatic rings. The van der Waals surface area contributed by atoms with Gasteiger partial charge in [-0.05, 0) is 26.0 Å². The Bertz CT molecular complexity index is 974. The molecular formula is C18H18ClF3N6O. The number of hydrogen-bond donors (Lipinski definition) is 3. The van der Waals surface area contributed by atoms with Gasteiger partial charge in [0.15, 0.2) is 0 Å². The number of nitrogens with zero attached hydrogens (tertiary/aromatic N) is 3.